The number of ketones is 2. The lowest BCUT2D eigenvalue weighted by atomic mass is 9.71. The molecule has 1 fully saturated rings. The van der Waals surface area contributed by atoms with Crippen molar-refractivity contribution in [2.75, 3.05) is 20.8 Å². The molecule has 0 amide bonds. The number of hydrogen-bond donors (Lipinski definition) is 1. The molecule has 31 heavy (non-hydrogen) atoms. The lowest BCUT2D eigenvalue weighted by Crippen LogP contribution is -2.67. The lowest BCUT2D eigenvalue weighted by Gasteiger charge is -2.50. The second-order valence-corrected chi connectivity index (χ2v) is 8.10. The van der Waals surface area contributed by atoms with E-state index < -0.39 is 29.1 Å². The maximum absolute atomic E-state index is 13.7. The summed E-state index contributed by atoms with van der Waals surface area (Å²) in [4.78, 5) is 26.1. The van der Waals surface area contributed by atoms with E-state index in [9.17, 15) is 14.7 Å². The Morgan fingerprint density at radius 2 is 2.03 bits per heavy atom. The van der Waals surface area contributed by atoms with Crippen molar-refractivity contribution in [3.63, 3.8) is 0 Å². The van der Waals surface area contributed by atoms with Crippen molar-refractivity contribution in [1.29, 1.82) is 0 Å². The summed E-state index contributed by atoms with van der Waals surface area (Å²) in [6, 6.07) is 3.26. The number of allylic oxidation sites excluding steroid dienone is 1. The van der Waals surface area contributed by atoms with E-state index in [0.717, 1.165) is 17.2 Å². The van der Waals surface area contributed by atoms with Crippen molar-refractivity contribution in [2.24, 2.45) is 0 Å². The largest absolute Gasteiger partial charge is 0.493 e. The number of fused-ring (bicyclic) bond motifs is 6. The van der Waals surface area contributed by atoms with Gasteiger partial charge in [0.15, 0.2) is 17.5 Å². The average molecular weight is 426 g/mol. The maximum atomic E-state index is 13.7. The molecular formula is C23H22O8. The molecule has 0 bridgehead atoms. The number of hydrogen-bond acceptors (Lipinski definition) is 8. The first-order valence-electron chi connectivity index (χ1n) is 9.90. The first-order chi connectivity index (χ1) is 14.7. The number of benzene rings is 1. The van der Waals surface area contributed by atoms with Crippen molar-refractivity contribution >= 4 is 11.6 Å². The van der Waals surface area contributed by atoms with Gasteiger partial charge in [-0.25, -0.2) is 0 Å². The zero-order valence-electron chi connectivity index (χ0n) is 17.4. The van der Waals surface area contributed by atoms with Crippen molar-refractivity contribution < 1.29 is 38.4 Å². The highest BCUT2D eigenvalue weighted by Gasteiger charge is 2.64. The van der Waals surface area contributed by atoms with E-state index in [1.807, 2.05) is 6.92 Å². The molecule has 3 aliphatic heterocycles. The zero-order chi connectivity index (χ0) is 22.1. The fourth-order valence-electron chi connectivity index (χ4n) is 4.62. The molecule has 4 aliphatic rings. The van der Waals surface area contributed by atoms with Gasteiger partial charge in [0.25, 0.3) is 0 Å². The molecule has 0 spiro atoms. The van der Waals surface area contributed by atoms with Crippen LogP contribution in [-0.4, -0.2) is 61.1 Å². The molecule has 8 heteroatoms. The van der Waals surface area contributed by atoms with Gasteiger partial charge in [-0.15, -0.1) is 0 Å². The second kappa shape index (κ2) is 6.53. The summed E-state index contributed by atoms with van der Waals surface area (Å²) in [5.41, 5.74) is -0.350. The van der Waals surface area contributed by atoms with Gasteiger partial charge in [0.2, 0.25) is 17.4 Å². The predicted molar refractivity (Wildman–Crippen MR) is 107 cm³/mol. The van der Waals surface area contributed by atoms with E-state index in [1.165, 1.54) is 20.3 Å². The van der Waals surface area contributed by atoms with Crippen LogP contribution in [0.2, 0.25) is 0 Å². The normalized spacial score (nSPS) is 33.0. The molecular weight excluding hydrogens is 404 g/mol. The van der Waals surface area contributed by atoms with Crippen LogP contribution < -0.4 is 9.47 Å². The molecule has 1 aromatic rings. The minimum absolute atomic E-state index is 0.00182. The summed E-state index contributed by atoms with van der Waals surface area (Å²) in [5, 5.41) is 11.7. The number of methoxy groups -OCH3 is 2. The van der Waals surface area contributed by atoms with Gasteiger partial charge in [-0.05, 0) is 30.7 Å². The fraction of sp³-hybridized carbons (Fsp3) is 0.391. The molecule has 0 unspecified atom stereocenters. The van der Waals surface area contributed by atoms with Crippen LogP contribution in [0.15, 0.2) is 47.8 Å². The molecule has 1 N–H and O–H groups in total. The summed E-state index contributed by atoms with van der Waals surface area (Å²) in [6.45, 7) is 5.67. The van der Waals surface area contributed by atoms with Crippen molar-refractivity contribution in [2.45, 2.75) is 36.9 Å². The zero-order valence-corrected chi connectivity index (χ0v) is 17.4. The molecule has 3 heterocycles. The highest BCUT2D eigenvalue weighted by Crippen LogP contribution is 2.51. The highest BCUT2D eigenvalue weighted by atomic mass is 16.7. The first kappa shape index (κ1) is 20.0. The molecule has 0 radical (unpaired) electrons. The molecule has 4 atom stereocenters. The Bertz CT molecular complexity index is 1100. The van der Waals surface area contributed by atoms with E-state index in [1.54, 1.807) is 12.1 Å². The Kier molecular flexibility index (Phi) is 4.21. The third-order valence-corrected chi connectivity index (χ3v) is 6.34. The fourth-order valence-corrected chi connectivity index (χ4v) is 4.62. The Hall–Kier alpha value is -2.94. The number of Topliss-reactive ketones (excluding diaryl/α,β-unsaturated/α-hetero) is 1. The van der Waals surface area contributed by atoms with Gasteiger partial charge >= 0.3 is 0 Å². The Morgan fingerprint density at radius 1 is 1.26 bits per heavy atom. The van der Waals surface area contributed by atoms with Crippen LogP contribution in [-0.2, 0) is 25.4 Å². The highest BCUT2D eigenvalue weighted by molar-refractivity contribution is 6.12. The van der Waals surface area contributed by atoms with Crippen molar-refractivity contribution in [1.82, 2.24) is 0 Å². The van der Waals surface area contributed by atoms with E-state index in [4.69, 9.17) is 23.7 Å². The smallest absolute Gasteiger partial charge is 0.220 e. The van der Waals surface area contributed by atoms with Crippen LogP contribution >= 0.6 is 0 Å². The van der Waals surface area contributed by atoms with E-state index in [2.05, 4.69) is 6.58 Å². The van der Waals surface area contributed by atoms with E-state index >= 15 is 0 Å². The standard InChI is InChI=1S/C23H22O8/c1-11(2)16-7-13-15(30-16)6-5-12-20(13)31-19-10-29-22(28-4)9-17(27-3)14(24)8-18(22)23(19,26)21(12)25/h5-6,8-9,16,19,26H,1,7,10H2,2-4H3/t16-,19+,22+,23+/m0/s1. The lowest BCUT2D eigenvalue weighted by molar-refractivity contribution is -0.230. The van der Waals surface area contributed by atoms with E-state index in [0.29, 0.717) is 17.9 Å². The van der Waals surface area contributed by atoms with Gasteiger partial charge in [0.1, 0.15) is 17.6 Å². The van der Waals surface area contributed by atoms with Crippen LogP contribution in [0.3, 0.4) is 0 Å². The minimum atomic E-state index is -2.14. The Balaban J connectivity index is 1.63. The molecule has 1 saturated heterocycles. The number of rotatable bonds is 3. The van der Waals surface area contributed by atoms with Crippen molar-refractivity contribution in [3.05, 3.63) is 58.9 Å². The van der Waals surface area contributed by atoms with Crippen LogP contribution in [0, 0.1) is 0 Å². The Labute approximate surface area is 178 Å². The average Bonchev–Trinajstić information content (AvgIpc) is 3.20. The van der Waals surface area contributed by atoms with Gasteiger partial charge in [-0.2, -0.15) is 0 Å². The summed E-state index contributed by atoms with van der Waals surface area (Å²) in [6.07, 6.45) is 1.70. The van der Waals surface area contributed by atoms with E-state index in [-0.39, 0.29) is 29.6 Å². The number of ether oxygens (including phenoxy) is 5. The minimum Gasteiger partial charge on any atom is -0.493 e. The van der Waals surface area contributed by atoms with Crippen LogP contribution in [0.1, 0.15) is 22.8 Å². The topological polar surface area (TPSA) is 101 Å². The molecule has 0 aromatic heterocycles. The molecule has 162 valence electrons. The van der Waals surface area contributed by atoms with Gasteiger partial charge in [-0.1, -0.05) is 6.58 Å². The molecule has 8 nitrogen and oxygen atoms in total. The quantitative estimate of drug-likeness (QED) is 0.729. The number of carbonyl (C=O) groups is 2. The SMILES string of the molecule is C=C(C)[C@@H]1Cc2c(ccc3c2O[C@@H]2CO[C@]4(OC)C=C(OC)C(=O)C=C4[C@]2(O)C3=O)O1. The van der Waals surface area contributed by atoms with Crippen molar-refractivity contribution in [3.8, 4) is 11.5 Å². The molecule has 1 aromatic carbocycles. The first-order valence-corrected chi connectivity index (χ1v) is 9.90. The second-order valence-electron chi connectivity index (χ2n) is 8.10. The molecule has 0 saturated carbocycles. The van der Waals surface area contributed by atoms with Gasteiger partial charge < -0.3 is 28.8 Å². The van der Waals surface area contributed by atoms with Crippen LogP contribution in [0.4, 0.5) is 0 Å². The monoisotopic (exact) mass is 426 g/mol. The summed E-state index contributed by atoms with van der Waals surface area (Å²) >= 11 is 0. The van der Waals surface area contributed by atoms with Gasteiger partial charge in [-0.3, -0.25) is 9.59 Å². The summed E-state index contributed by atoms with van der Waals surface area (Å²) in [5.74, 6) is -1.73. The summed E-state index contributed by atoms with van der Waals surface area (Å²) in [7, 11) is 2.71. The molecule has 1 aliphatic carbocycles. The van der Waals surface area contributed by atoms with Crippen LogP contribution in [0.25, 0.3) is 0 Å². The van der Waals surface area contributed by atoms with Gasteiger partial charge in [0, 0.05) is 30.7 Å². The van der Waals surface area contributed by atoms with Crippen LogP contribution in [0.5, 0.6) is 11.5 Å². The predicted octanol–water partition coefficient (Wildman–Crippen LogP) is 1.65. The third-order valence-electron chi connectivity index (χ3n) is 6.34. The maximum Gasteiger partial charge on any atom is 0.220 e. The third kappa shape index (κ3) is 2.52. The van der Waals surface area contributed by atoms with Gasteiger partial charge in [0.05, 0.1) is 19.3 Å². The summed E-state index contributed by atoms with van der Waals surface area (Å²) < 4.78 is 28.6. The number of carbonyl (C=O) groups excluding carboxylic acids is 2. The Morgan fingerprint density at radius 3 is 2.71 bits per heavy atom. The number of aliphatic hydroxyl groups is 1. The molecule has 5 rings (SSSR count).